The largest absolute Gasteiger partial charge is 0.357 e. The van der Waals surface area contributed by atoms with Crippen molar-refractivity contribution in [2.75, 3.05) is 0 Å². The molecule has 12 nitrogen and oxygen atoms in total. The van der Waals surface area contributed by atoms with Gasteiger partial charge in [-0.3, -0.25) is 0 Å². The summed E-state index contributed by atoms with van der Waals surface area (Å²) in [5, 5.41) is 0. The minimum atomic E-state index is -4.33. The SMILES string of the molecule is O=[AsH]([O-])F.O=[AsH]([O-])F.O=[AsH]([O-])F.O=[AsH]([O-])F.O=[AsH]([O-])F.O=[AsH]([O-])F.c1ccc([I+]c2ccccc2)cc1.c1ccc([I+]c2ccccc2)cc1.c1ccc([I+]c2ccccc2)cc1.c1ccc([I+]c2ccccc2)cc1.c1ccc([I+]c2ccccc2)cc1.c1ccc([I+]c2ccccc2)cc1. The fourth-order valence-corrected chi connectivity index (χ4v) is 20.1. The van der Waals surface area contributed by atoms with Gasteiger partial charge in [0.25, 0.3) is 0 Å². The molecule has 0 aliphatic carbocycles. The average Bonchev–Trinajstić information content (AvgIpc) is 1.50. The van der Waals surface area contributed by atoms with E-state index in [1.807, 2.05) is 0 Å². The number of hydrogen-bond acceptors (Lipinski definition) is 12. The zero-order chi connectivity index (χ0) is 75.1. The second-order valence-corrected chi connectivity index (χ2v) is 41.7. The maximum atomic E-state index is 10.1. The van der Waals surface area contributed by atoms with Crippen LogP contribution in [0.5, 0.6) is 0 Å². The second kappa shape index (κ2) is 66.9. The molecule has 12 rings (SSSR count). The third kappa shape index (κ3) is 64.9. The molecule has 0 N–H and O–H groups in total. The van der Waals surface area contributed by atoms with Gasteiger partial charge in [-0.25, -0.2) is 0 Å². The molecule has 12 aromatic rings. The molecule has 540 valence electrons. The first-order valence-corrected chi connectivity index (χ1v) is 56.8. The van der Waals surface area contributed by atoms with Crippen LogP contribution in [-0.4, -0.2) is 92.4 Å². The third-order valence-corrected chi connectivity index (χ3v) is 26.2. The van der Waals surface area contributed by atoms with Crippen molar-refractivity contribution in [1.82, 2.24) is 0 Å². The van der Waals surface area contributed by atoms with Crippen molar-refractivity contribution in [2.45, 2.75) is 0 Å². The number of benzene rings is 12. The Hall–Kier alpha value is -3.49. The molecule has 0 radical (unpaired) electrons. The van der Waals surface area contributed by atoms with Gasteiger partial charge in [-0.2, -0.15) is 0 Å². The minimum Gasteiger partial charge on any atom is -0.0619 e. The zero-order valence-corrected chi connectivity index (χ0v) is 78.6. The van der Waals surface area contributed by atoms with Gasteiger partial charge in [-0.1, -0.05) is 218 Å². The maximum Gasteiger partial charge on any atom is 0.357 e. The van der Waals surface area contributed by atoms with E-state index in [4.69, 9.17) is 47.0 Å². The Kier molecular flexibility index (Phi) is 63.3. The van der Waals surface area contributed by atoms with E-state index in [0.29, 0.717) is 0 Å². The standard InChI is InChI=1S/6C12H10I.6AsFH2O2/c6*1-3-7-11(8-4-1)13-12-9-5-2-6-10-12;6*2-1(3)4/h6*1-10H;6*1H,(H,3,4)/q6*+1;;;;;;/p-6. The first-order valence-electron chi connectivity index (χ1n) is 28.8. The van der Waals surface area contributed by atoms with Crippen LogP contribution in [0.15, 0.2) is 364 Å². The van der Waals surface area contributed by atoms with Crippen LogP contribution >= 0.6 is 0 Å². The van der Waals surface area contributed by atoms with Gasteiger partial charge in [0.15, 0.2) is 42.8 Å². The molecular formula is C72H66As6F6I6O12. The molecule has 12 aromatic carbocycles. The Morgan fingerprint density at radius 3 is 0.245 bits per heavy atom. The van der Waals surface area contributed by atoms with E-state index in [9.17, 15) is 20.8 Å². The summed E-state index contributed by atoms with van der Waals surface area (Å²) >= 11 is -25.8. The summed E-state index contributed by atoms with van der Waals surface area (Å²) < 4.78 is 180. The van der Waals surface area contributed by atoms with Crippen molar-refractivity contribution in [1.29, 1.82) is 0 Å². The maximum absolute atomic E-state index is 10.1. The molecule has 0 aliphatic rings. The van der Waals surface area contributed by atoms with Crippen LogP contribution in [0.25, 0.3) is 0 Å². The Balaban J connectivity index is 0.000000575. The van der Waals surface area contributed by atoms with E-state index in [1.165, 1.54) is 42.8 Å². The van der Waals surface area contributed by atoms with Gasteiger partial charge in [0.2, 0.25) is 0 Å². The summed E-state index contributed by atoms with van der Waals surface area (Å²) in [5.41, 5.74) is 0. The van der Waals surface area contributed by atoms with Gasteiger partial charge in [0.05, 0.1) is 0 Å². The van der Waals surface area contributed by atoms with Crippen LogP contribution in [-0.2, 0) is 22.4 Å². The van der Waals surface area contributed by atoms with E-state index in [-0.39, 0.29) is 127 Å². The first-order chi connectivity index (χ1) is 49.1. The summed E-state index contributed by atoms with van der Waals surface area (Å²) in [6.07, 6.45) is 0. The van der Waals surface area contributed by atoms with Crippen molar-refractivity contribution in [3.05, 3.63) is 407 Å². The molecule has 0 fully saturated rings. The van der Waals surface area contributed by atoms with E-state index >= 15 is 0 Å². The van der Waals surface area contributed by atoms with E-state index < -0.39 is 92.4 Å². The average molecular weight is 2450 g/mol. The summed E-state index contributed by atoms with van der Waals surface area (Å²) in [4.78, 5) is 0. The minimum absolute atomic E-state index is 0.0287. The molecule has 0 saturated carbocycles. The molecular weight excluding hydrogens is 2380 g/mol. The van der Waals surface area contributed by atoms with Crippen LogP contribution in [0, 0.1) is 42.8 Å². The van der Waals surface area contributed by atoms with Gasteiger partial charge in [-0.15, -0.1) is 0 Å². The molecule has 0 spiro atoms. The van der Waals surface area contributed by atoms with Gasteiger partial charge in [0.1, 0.15) is 0 Å². The summed E-state index contributed by atoms with van der Waals surface area (Å²) in [6, 6.07) is 128. The molecule has 102 heavy (non-hydrogen) atoms. The van der Waals surface area contributed by atoms with Crippen molar-refractivity contribution >= 4 is 92.4 Å². The molecule has 0 aliphatic heterocycles. The van der Waals surface area contributed by atoms with Gasteiger partial charge < -0.3 is 0 Å². The fourth-order valence-electron chi connectivity index (χ4n) is 6.49. The topological polar surface area (TPSA) is 241 Å². The van der Waals surface area contributed by atoms with Crippen LogP contribution in [0.1, 0.15) is 0 Å². The smallest absolute Gasteiger partial charge is 0.0619 e. The first kappa shape index (κ1) is 96.5. The summed E-state index contributed by atoms with van der Waals surface area (Å²) in [5.74, 6) is 0. The Morgan fingerprint density at radius 1 is 0.147 bits per heavy atom. The quantitative estimate of drug-likeness (QED) is 0.0630. The van der Waals surface area contributed by atoms with Gasteiger partial charge >= 0.3 is 287 Å². The number of rotatable bonds is 12. The van der Waals surface area contributed by atoms with E-state index in [0.717, 1.165) is 0 Å². The normalized spacial score (nSPS) is 11.2. The molecule has 0 heterocycles. The molecule has 30 heteroatoms. The number of halogens is 12. The van der Waals surface area contributed by atoms with Crippen molar-refractivity contribution in [3.63, 3.8) is 0 Å². The van der Waals surface area contributed by atoms with Crippen molar-refractivity contribution < 1.29 is 195 Å². The Morgan fingerprint density at radius 2 is 0.196 bits per heavy atom. The van der Waals surface area contributed by atoms with Crippen LogP contribution < -0.4 is 152 Å². The fraction of sp³-hybridized carbons (Fsp3) is 0. The van der Waals surface area contributed by atoms with E-state index in [2.05, 4.69) is 364 Å². The van der Waals surface area contributed by atoms with Gasteiger partial charge in [0, 0.05) is 0 Å². The van der Waals surface area contributed by atoms with Crippen LogP contribution in [0.3, 0.4) is 0 Å². The van der Waals surface area contributed by atoms with Crippen molar-refractivity contribution in [3.8, 4) is 0 Å². The zero-order valence-electron chi connectivity index (χ0n) is 53.1. The molecule has 0 amide bonds. The summed E-state index contributed by atoms with van der Waals surface area (Å²) in [6.45, 7) is 0. The molecule has 0 aromatic heterocycles. The predicted octanol–water partition coefficient (Wildman–Crippen LogP) is -10.3. The summed E-state index contributed by atoms with van der Waals surface area (Å²) in [7, 11) is 0. The van der Waals surface area contributed by atoms with E-state index in [1.54, 1.807) is 0 Å². The van der Waals surface area contributed by atoms with Crippen LogP contribution in [0.4, 0.5) is 20.8 Å². The molecule has 6 unspecified atom stereocenters. The Bertz CT molecular complexity index is 3140. The Labute approximate surface area is 684 Å². The molecule has 0 bridgehead atoms. The predicted molar refractivity (Wildman–Crippen MR) is 355 cm³/mol. The number of hydrogen-bond donors (Lipinski definition) is 0. The molecule has 0 saturated heterocycles. The molecule has 6 atom stereocenters. The van der Waals surface area contributed by atoms with Crippen molar-refractivity contribution in [2.24, 2.45) is 0 Å². The van der Waals surface area contributed by atoms with Gasteiger partial charge in [-0.05, 0) is 146 Å². The monoisotopic (exact) mass is 2450 g/mol. The van der Waals surface area contributed by atoms with Crippen LogP contribution in [0.2, 0.25) is 0 Å². The third-order valence-electron chi connectivity index (χ3n) is 10.1. The second-order valence-electron chi connectivity index (χ2n) is 17.5.